The minimum Gasteiger partial charge on any atom is -0.756 e. The number of phosphoric ester groups is 1. The number of hydrogen-bond acceptors (Lipinski definition) is 6. The summed E-state index contributed by atoms with van der Waals surface area (Å²) in [6.07, 6.45) is 99.5. The van der Waals surface area contributed by atoms with Crippen LogP contribution in [0.25, 0.3) is 0 Å². The number of nitrogens with one attached hydrogen (secondary N) is 1. The molecule has 2 N–H and O–H groups in total. The van der Waals surface area contributed by atoms with Crippen molar-refractivity contribution in [3.8, 4) is 0 Å². The molecule has 9 heteroatoms. The van der Waals surface area contributed by atoms with Crippen LogP contribution in [-0.2, 0) is 18.4 Å². The van der Waals surface area contributed by atoms with Gasteiger partial charge in [0.25, 0.3) is 7.82 Å². The van der Waals surface area contributed by atoms with Crippen molar-refractivity contribution in [2.45, 2.75) is 289 Å². The zero-order valence-corrected chi connectivity index (χ0v) is 56.4. The number of nitrogens with zero attached hydrogens (tertiary/aromatic N) is 1. The van der Waals surface area contributed by atoms with Gasteiger partial charge in [0.2, 0.25) is 5.91 Å². The largest absolute Gasteiger partial charge is 0.756 e. The van der Waals surface area contributed by atoms with E-state index in [-0.39, 0.29) is 12.5 Å². The average molecular weight is 1200 g/mol. The van der Waals surface area contributed by atoms with Gasteiger partial charge in [-0.15, -0.1) is 0 Å². The summed E-state index contributed by atoms with van der Waals surface area (Å²) in [6, 6.07) is -0.904. The molecular weight excluding hydrogens is 1070 g/mol. The van der Waals surface area contributed by atoms with Crippen molar-refractivity contribution in [3.63, 3.8) is 0 Å². The molecule has 0 aliphatic rings. The van der Waals surface area contributed by atoms with Crippen LogP contribution in [0.15, 0.2) is 146 Å². The van der Waals surface area contributed by atoms with Crippen molar-refractivity contribution in [2.75, 3.05) is 40.9 Å². The SMILES string of the molecule is CC/C=C\C/C=C\C/C=C\C/C=C\C/C=C\C/C=C\C/C=C\C/C=C\C/C=C\C/C=C\C/C=C\CCCCCCCCCC(=O)NC(COP(=O)([O-])OCC[N+](C)(C)C)C(O)/C=C/CCCCCCCCCCCCCCCCCCCCCC. The molecule has 0 saturated carbocycles. The van der Waals surface area contributed by atoms with Gasteiger partial charge in [0, 0.05) is 6.42 Å². The molecule has 0 spiro atoms. The van der Waals surface area contributed by atoms with E-state index in [0.717, 1.165) is 122 Å². The number of amides is 1. The summed E-state index contributed by atoms with van der Waals surface area (Å²) in [5.41, 5.74) is 0. The molecule has 486 valence electrons. The number of hydrogen-bond donors (Lipinski definition) is 2. The minimum atomic E-state index is -4.62. The van der Waals surface area contributed by atoms with E-state index >= 15 is 0 Å². The number of carbonyl (C=O) groups excluding carboxylic acids is 1. The van der Waals surface area contributed by atoms with E-state index in [1.165, 1.54) is 135 Å². The Balaban J connectivity index is 4.16. The monoisotopic (exact) mass is 1200 g/mol. The Hall–Kier alpha value is -3.62. The van der Waals surface area contributed by atoms with E-state index < -0.39 is 26.6 Å². The maximum absolute atomic E-state index is 13.0. The highest BCUT2D eigenvalue weighted by Crippen LogP contribution is 2.38. The maximum Gasteiger partial charge on any atom is 0.268 e. The Morgan fingerprint density at radius 3 is 1.05 bits per heavy atom. The zero-order valence-electron chi connectivity index (χ0n) is 55.5. The first-order valence-electron chi connectivity index (χ1n) is 34.7. The number of aliphatic hydroxyl groups is 1. The first kappa shape index (κ1) is 81.4. The van der Waals surface area contributed by atoms with Crippen LogP contribution in [0, 0.1) is 0 Å². The van der Waals surface area contributed by atoms with Gasteiger partial charge in [-0.3, -0.25) is 9.36 Å². The molecular formula is C76H131N2O6P. The van der Waals surface area contributed by atoms with Crippen LogP contribution >= 0.6 is 7.82 Å². The molecule has 3 atom stereocenters. The molecule has 0 bridgehead atoms. The van der Waals surface area contributed by atoms with Crippen molar-refractivity contribution in [1.29, 1.82) is 0 Å². The molecule has 0 fully saturated rings. The second-order valence-corrected chi connectivity index (χ2v) is 25.6. The Morgan fingerprint density at radius 1 is 0.424 bits per heavy atom. The van der Waals surface area contributed by atoms with Gasteiger partial charge in [-0.05, 0) is 103 Å². The smallest absolute Gasteiger partial charge is 0.268 e. The van der Waals surface area contributed by atoms with Crippen molar-refractivity contribution in [1.82, 2.24) is 5.32 Å². The van der Waals surface area contributed by atoms with Crippen LogP contribution in [0.2, 0.25) is 0 Å². The van der Waals surface area contributed by atoms with Gasteiger partial charge < -0.3 is 28.8 Å². The summed E-state index contributed by atoms with van der Waals surface area (Å²) in [5, 5.41) is 13.9. The molecule has 0 heterocycles. The van der Waals surface area contributed by atoms with Gasteiger partial charge in [-0.2, -0.15) is 0 Å². The number of quaternary nitrogens is 1. The van der Waals surface area contributed by atoms with Crippen LogP contribution in [0.4, 0.5) is 0 Å². The van der Waals surface area contributed by atoms with Gasteiger partial charge in [0.15, 0.2) is 0 Å². The quantitative estimate of drug-likeness (QED) is 0.0272. The van der Waals surface area contributed by atoms with E-state index in [2.05, 4.69) is 153 Å². The molecule has 0 aromatic carbocycles. The third-order valence-electron chi connectivity index (χ3n) is 14.8. The molecule has 3 unspecified atom stereocenters. The van der Waals surface area contributed by atoms with Gasteiger partial charge in [-0.1, -0.05) is 314 Å². The third kappa shape index (κ3) is 67.7. The average Bonchev–Trinajstić information content (AvgIpc) is 3.48. The summed E-state index contributed by atoms with van der Waals surface area (Å²) in [5.74, 6) is -0.212. The molecule has 8 nitrogen and oxygen atoms in total. The highest BCUT2D eigenvalue weighted by atomic mass is 31.2. The third-order valence-corrected chi connectivity index (χ3v) is 15.8. The van der Waals surface area contributed by atoms with E-state index in [4.69, 9.17) is 9.05 Å². The molecule has 0 aromatic rings. The Kier molecular flexibility index (Phi) is 62.1. The van der Waals surface area contributed by atoms with Crippen molar-refractivity contribution >= 4 is 13.7 Å². The summed E-state index contributed by atoms with van der Waals surface area (Å²) in [6.45, 7) is 4.54. The fourth-order valence-electron chi connectivity index (χ4n) is 9.45. The lowest BCUT2D eigenvalue weighted by molar-refractivity contribution is -0.870. The van der Waals surface area contributed by atoms with Crippen LogP contribution in [0.5, 0.6) is 0 Å². The molecule has 0 aliphatic heterocycles. The molecule has 0 saturated heterocycles. The predicted octanol–water partition coefficient (Wildman–Crippen LogP) is 21.7. The van der Waals surface area contributed by atoms with Crippen molar-refractivity contribution < 1.29 is 32.9 Å². The summed E-state index contributed by atoms with van der Waals surface area (Å²) in [4.78, 5) is 25.6. The summed E-state index contributed by atoms with van der Waals surface area (Å²) < 4.78 is 23.4. The molecule has 0 radical (unpaired) electrons. The van der Waals surface area contributed by atoms with Crippen LogP contribution < -0.4 is 10.2 Å². The number of unbranched alkanes of at least 4 members (excludes halogenated alkanes) is 27. The Bertz CT molecular complexity index is 1900. The van der Waals surface area contributed by atoms with Gasteiger partial charge in [0.1, 0.15) is 13.2 Å². The first-order valence-corrected chi connectivity index (χ1v) is 36.2. The second-order valence-electron chi connectivity index (χ2n) is 24.2. The van der Waals surface area contributed by atoms with Crippen molar-refractivity contribution in [3.05, 3.63) is 146 Å². The zero-order chi connectivity index (χ0) is 61.9. The molecule has 0 rings (SSSR count). The second kappa shape index (κ2) is 64.8. The lowest BCUT2D eigenvalue weighted by Crippen LogP contribution is -2.45. The molecule has 0 aromatic heterocycles. The predicted molar refractivity (Wildman–Crippen MR) is 371 cm³/mol. The highest BCUT2D eigenvalue weighted by Gasteiger charge is 2.23. The number of phosphoric acid groups is 1. The standard InChI is InChI=1S/C76H131N2O6P/c1-6-8-10-12-14-16-18-20-22-24-26-28-30-31-32-33-34-35-36-37-38-39-40-41-42-43-44-45-46-47-48-50-52-54-56-58-60-62-64-66-68-70-76(80)77-74(73-84-85(81,82)83-72-71-78(3,4)5)75(79)69-67-65-63-61-59-57-55-53-51-49-29-27-25-23-21-19-17-15-13-11-9-7-2/h8,10,14,16,20,22,26,28,31-32,34-35,37-38,40-41,43-44,46-47,50,52,67,69,74-75,79H,6-7,9,11-13,15,17-19,21,23-25,27,29-30,33,36,39,42,45,48-49,51,53-66,68,70-73H2,1-5H3,(H-,77,80,81,82)/b10-8-,16-14-,22-20-,28-26-,32-31-,35-34-,38-37-,41-40-,44-43-,47-46-,52-50-,69-67+. The number of carbonyl (C=O) groups is 1. The normalized spacial score (nSPS) is 14.6. The number of likely N-dealkylation sites (N-methyl/N-ethyl adjacent to an activating group) is 1. The fraction of sp³-hybridized carbons (Fsp3) is 0.671. The van der Waals surface area contributed by atoms with E-state index in [1.807, 2.05) is 27.2 Å². The topological polar surface area (TPSA) is 108 Å². The van der Waals surface area contributed by atoms with E-state index in [9.17, 15) is 19.4 Å². The first-order chi connectivity index (χ1) is 41.5. The van der Waals surface area contributed by atoms with Gasteiger partial charge in [-0.25, -0.2) is 0 Å². The Morgan fingerprint density at radius 2 is 0.718 bits per heavy atom. The van der Waals surface area contributed by atoms with E-state index in [1.54, 1.807) is 6.08 Å². The Labute approximate surface area is 525 Å². The lowest BCUT2D eigenvalue weighted by Gasteiger charge is -2.29. The number of aliphatic hydroxyl groups excluding tert-OH is 1. The fourth-order valence-corrected chi connectivity index (χ4v) is 10.2. The maximum atomic E-state index is 13.0. The van der Waals surface area contributed by atoms with Crippen LogP contribution in [-0.4, -0.2) is 68.5 Å². The lowest BCUT2D eigenvalue weighted by atomic mass is 10.0. The van der Waals surface area contributed by atoms with Crippen LogP contribution in [0.1, 0.15) is 277 Å². The summed E-state index contributed by atoms with van der Waals surface area (Å²) >= 11 is 0. The number of rotatable bonds is 62. The number of allylic oxidation sites excluding steroid dienone is 23. The minimum absolute atomic E-state index is 0.00989. The summed E-state index contributed by atoms with van der Waals surface area (Å²) in [7, 11) is 1.24. The van der Waals surface area contributed by atoms with Crippen LogP contribution in [0.3, 0.4) is 0 Å². The molecule has 85 heavy (non-hydrogen) atoms. The molecule has 0 aliphatic carbocycles. The van der Waals surface area contributed by atoms with Crippen molar-refractivity contribution in [2.24, 2.45) is 0 Å². The van der Waals surface area contributed by atoms with E-state index in [0.29, 0.717) is 17.4 Å². The van der Waals surface area contributed by atoms with Gasteiger partial charge in [0.05, 0.1) is 39.9 Å². The highest BCUT2D eigenvalue weighted by molar-refractivity contribution is 7.45. The van der Waals surface area contributed by atoms with Gasteiger partial charge >= 0.3 is 0 Å². The molecule has 1 amide bonds.